The van der Waals surface area contributed by atoms with Crippen molar-refractivity contribution in [2.75, 3.05) is 6.54 Å². The van der Waals surface area contributed by atoms with Gasteiger partial charge in [-0.2, -0.15) is 5.10 Å². The normalized spacial score (nSPS) is 13.5. The lowest BCUT2D eigenvalue weighted by Crippen LogP contribution is -2.29. The van der Waals surface area contributed by atoms with Gasteiger partial charge in [0.1, 0.15) is 0 Å². The maximum absolute atomic E-state index is 12.5. The lowest BCUT2D eigenvalue weighted by molar-refractivity contribution is 0.0945. The van der Waals surface area contributed by atoms with Crippen LogP contribution in [0.3, 0.4) is 0 Å². The lowest BCUT2D eigenvalue weighted by Gasteiger charge is -2.21. The highest BCUT2D eigenvalue weighted by atomic mass is 32.1. The molecular formula is C19H21N5OS. The Balaban J connectivity index is 1.49. The topological polar surface area (TPSA) is 82.7 Å². The van der Waals surface area contributed by atoms with Gasteiger partial charge in [-0.25, -0.2) is 0 Å². The van der Waals surface area contributed by atoms with Crippen molar-refractivity contribution in [2.45, 2.75) is 33.4 Å². The van der Waals surface area contributed by atoms with Gasteiger partial charge in [-0.05, 0) is 61.7 Å². The largest absolute Gasteiger partial charge is 0.346 e. The molecule has 7 heteroatoms. The smallest absolute Gasteiger partial charge is 0.272 e. The fraction of sp³-hybridized carbons (Fsp3) is 0.316. The molecule has 4 rings (SSSR count). The van der Waals surface area contributed by atoms with Gasteiger partial charge in [0.25, 0.3) is 5.91 Å². The number of aromatic nitrogens is 3. The predicted octanol–water partition coefficient (Wildman–Crippen LogP) is 2.73. The van der Waals surface area contributed by atoms with Crippen molar-refractivity contribution in [3.05, 3.63) is 57.4 Å². The molecule has 0 saturated heterocycles. The standard InChI is InChI=1S/C19H21N5OS/c1-11-3-4-18(26-11)16-7-17(24-23-16)19(25)22-10-15-12(2)21-9-13-8-20-6-5-14(13)15/h3-4,7,9,20H,5-6,8,10H2,1-2H3,(H,22,25)(H,23,24). The van der Waals surface area contributed by atoms with E-state index in [1.165, 1.54) is 16.0 Å². The molecule has 3 N–H and O–H groups in total. The number of nitrogens with one attached hydrogen (secondary N) is 3. The van der Waals surface area contributed by atoms with E-state index in [2.05, 4.69) is 38.8 Å². The molecule has 1 aliphatic heterocycles. The van der Waals surface area contributed by atoms with E-state index in [0.717, 1.165) is 41.3 Å². The quantitative estimate of drug-likeness (QED) is 0.662. The van der Waals surface area contributed by atoms with Gasteiger partial charge in [0, 0.05) is 29.9 Å². The Bertz CT molecular complexity index is 959. The minimum atomic E-state index is -0.174. The lowest BCUT2D eigenvalue weighted by atomic mass is 9.96. The number of aryl methyl sites for hydroxylation is 2. The minimum Gasteiger partial charge on any atom is -0.346 e. The maximum Gasteiger partial charge on any atom is 0.272 e. The van der Waals surface area contributed by atoms with E-state index in [0.29, 0.717) is 12.2 Å². The summed E-state index contributed by atoms with van der Waals surface area (Å²) in [7, 11) is 0. The van der Waals surface area contributed by atoms with E-state index in [4.69, 9.17) is 0 Å². The number of fused-ring (bicyclic) bond motifs is 1. The third-order valence-electron chi connectivity index (χ3n) is 4.71. The minimum absolute atomic E-state index is 0.174. The number of carbonyl (C=O) groups is 1. The molecule has 0 unspecified atom stereocenters. The highest BCUT2D eigenvalue weighted by Gasteiger charge is 2.17. The Hall–Kier alpha value is -2.51. The number of aromatic amines is 1. The molecule has 0 bridgehead atoms. The van der Waals surface area contributed by atoms with Crippen molar-refractivity contribution in [3.63, 3.8) is 0 Å². The zero-order valence-electron chi connectivity index (χ0n) is 14.8. The number of pyridine rings is 1. The van der Waals surface area contributed by atoms with E-state index in [9.17, 15) is 4.79 Å². The number of carbonyl (C=O) groups excluding carboxylic acids is 1. The van der Waals surface area contributed by atoms with Gasteiger partial charge < -0.3 is 10.6 Å². The van der Waals surface area contributed by atoms with Crippen molar-refractivity contribution in [2.24, 2.45) is 0 Å². The van der Waals surface area contributed by atoms with Crippen molar-refractivity contribution in [1.82, 2.24) is 25.8 Å². The Kier molecular flexibility index (Phi) is 4.57. The van der Waals surface area contributed by atoms with Crippen molar-refractivity contribution < 1.29 is 4.79 Å². The Morgan fingerprint density at radius 3 is 3.04 bits per heavy atom. The highest BCUT2D eigenvalue weighted by molar-refractivity contribution is 7.15. The summed E-state index contributed by atoms with van der Waals surface area (Å²) < 4.78 is 0. The van der Waals surface area contributed by atoms with Gasteiger partial charge in [0.2, 0.25) is 0 Å². The Labute approximate surface area is 156 Å². The second-order valence-corrected chi connectivity index (χ2v) is 7.80. The van der Waals surface area contributed by atoms with Crippen LogP contribution in [-0.4, -0.2) is 27.6 Å². The van der Waals surface area contributed by atoms with Crippen LogP contribution in [0.5, 0.6) is 0 Å². The van der Waals surface area contributed by atoms with Crippen LogP contribution in [0.4, 0.5) is 0 Å². The number of nitrogens with zero attached hydrogens (tertiary/aromatic N) is 2. The number of hydrogen-bond acceptors (Lipinski definition) is 5. The molecule has 0 aromatic carbocycles. The monoisotopic (exact) mass is 367 g/mol. The van der Waals surface area contributed by atoms with Gasteiger partial charge in [0.05, 0.1) is 10.6 Å². The van der Waals surface area contributed by atoms with E-state index in [1.54, 1.807) is 17.4 Å². The van der Waals surface area contributed by atoms with Crippen LogP contribution in [0.15, 0.2) is 24.4 Å². The van der Waals surface area contributed by atoms with E-state index in [1.807, 2.05) is 19.2 Å². The zero-order valence-corrected chi connectivity index (χ0v) is 15.7. The van der Waals surface area contributed by atoms with Crippen LogP contribution in [0.2, 0.25) is 0 Å². The number of H-pyrrole nitrogens is 1. The summed E-state index contributed by atoms with van der Waals surface area (Å²) in [5, 5.41) is 13.5. The third-order valence-corrected chi connectivity index (χ3v) is 5.75. The summed E-state index contributed by atoms with van der Waals surface area (Å²) in [4.78, 5) is 19.3. The summed E-state index contributed by atoms with van der Waals surface area (Å²) in [5.74, 6) is -0.174. The molecule has 1 amide bonds. The Morgan fingerprint density at radius 2 is 2.23 bits per heavy atom. The first-order valence-electron chi connectivity index (χ1n) is 8.69. The molecule has 6 nitrogen and oxygen atoms in total. The number of thiophene rings is 1. The first kappa shape index (κ1) is 16.9. The van der Waals surface area contributed by atoms with E-state index < -0.39 is 0 Å². The summed E-state index contributed by atoms with van der Waals surface area (Å²) >= 11 is 1.68. The number of amides is 1. The summed E-state index contributed by atoms with van der Waals surface area (Å²) in [6, 6.07) is 5.90. The predicted molar refractivity (Wildman–Crippen MR) is 102 cm³/mol. The molecule has 3 aromatic rings. The van der Waals surface area contributed by atoms with Gasteiger partial charge in [-0.15, -0.1) is 11.3 Å². The fourth-order valence-electron chi connectivity index (χ4n) is 3.28. The fourth-order valence-corrected chi connectivity index (χ4v) is 4.11. The molecule has 0 aliphatic carbocycles. The van der Waals surface area contributed by atoms with Crippen LogP contribution in [-0.2, 0) is 19.5 Å². The molecule has 26 heavy (non-hydrogen) atoms. The molecule has 0 saturated carbocycles. The van der Waals surface area contributed by atoms with Crippen LogP contribution in [0, 0.1) is 13.8 Å². The highest BCUT2D eigenvalue weighted by Crippen LogP contribution is 2.26. The average Bonchev–Trinajstić information content (AvgIpc) is 3.29. The third kappa shape index (κ3) is 3.27. The molecule has 1 aliphatic rings. The van der Waals surface area contributed by atoms with Gasteiger partial charge in [-0.3, -0.25) is 14.9 Å². The molecule has 0 atom stereocenters. The zero-order chi connectivity index (χ0) is 18.1. The second kappa shape index (κ2) is 7.01. The van der Waals surface area contributed by atoms with Gasteiger partial charge in [0.15, 0.2) is 5.69 Å². The van der Waals surface area contributed by atoms with E-state index in [-0.39, 0.29) is 5.91 Å². The number of hydrogen-bond donors (Lipinski definition) is 3. The number of rotatable bonds is 4. The molecule has 134 valence electrons. The average molecular weight is 367 g/mol. The van der Waals surface area contributed by atoms with Gasteiger partial charge in [-0.1, -0.05) is 0 Å². The molecule has 0 spiro atoms. The summed E-state index contributed by atoms with van der Waals surface area (Å²) in [6.07, 6.45) is 2.90. The van der Waals surface area contributed by atoms with Crippen LogP contribution < -0.4 is 10.6 Å². The Morgan fingerprint density at radius 1 is 1.35 bits per heavy atom. The van der Waals surface area contributed by atoms with Crippen molar-refractivity contribution in [3.8, 4) is 10.6 Å². The van der Waals surface area contributed by atoms with Crippen LogP contribution in [0.25, 0.3) is 10.6 Å². The molecule has 3 aromatic heterocycles. The first-order chi connectivity index (χ1) is 12.6. The first-order valence-corrected chi connectivity index (χ1v) is 9.51. The molecule has 0 radical (unpaired) electrons. The van der Waals surface area contributed by atoms with Gasteiger partial charge >= 0.3 is 0 Å². The van der Waals surface area contributed by atoms with Crippen molar-refractivity contribution in [1.29, 1.82) is 0 Å². The second-order valence-electron chi connectivity index (χ2n) is 6.51. The SMILES string of the molecule is Cc1ccc(-c2cc(C(=O)NCc3c(C)ncc4c3CCNC4)n[nH]2)s1. The van der Waals surface area contributed by atoms with Crippen LogP contribution >= 0.6 is 11.3 Å². The van der Waals surface area contributed by atoms with Crippen LogP contribution in [0.1, 0.15) is 37.7 Å². The molecular weight excluding hydrogens is 346 g/mol. The van der Waals surface area contributed by atoms with Crippen molar-refractivity contribution >= 4 is 17.2 Å². The summed E-state index contributed by atoms with van der Waals surface area (Å²) in [6.45, 7) is 6.33. The molecule has 0 fully saturated rings. The maximum atomic E-state index is 12.5. The van der Waals surface area contributed by atoms with E-state index >= 15 is 0 Å². The summed E-state index contributed by atoms with van der Waals surface area (Å²) in [5.41, 5.74) is 5.91. The molecule has 4 heterocycles.